The zero-order chi connectivity index (χ0) is 24.7. The molecule has 0 unspecified atom stereocenters. The van der Waals surface area contributed by atoms with Gasteiger partial charge in [-0.2, -0.15) is 0 Å². The van der Waals surface area contributed by atoms with Crippen LogP contribution >= 0.6 is 69.6 Å². The SMILES string of the molecule is ClC(Cl)(Cl)CCCCCCCCCCCCOCCCCCCCCCCCCC(Cl)(Cl)Cl.O.[AlH3].[Zr]. The summed E-state index contributed by atoms with van der Waals surface area (Å²) in [5.41, 5.74) is 0. The van der Waals surface area contributed by atoms with Crippen molar-refractivity contribution in [1.82, 2.24) is 0 Å². The Labute approximate surface area is 282 Å². The number of alkyl halides is 6. The van der Waals surface area contributed by atoms with Crippen molar-refractivity contribution in [2.45, 2.75) is 149 Å². The molecule has 0 saturated heterocycles. The van der Waals surface area contributed by atoms with Gasteiger partial charge in [-0.3, -0.25) is 0 Å². The molecule has 0 aromatic rings. The van der Waals surface area contributed by atoms with Crippen molar-refractivity contribution < 1.29 is 36.4 Å². The molecule has 0 rings (SSSR count). The first-order chi connectivity index (χ1) is 15.7. The third kappa shape index (κ3) is 44.1. The van der Waals surface area contributed by atoms with E-state index in [9.17, 15) is 0 Å². The van der Waals surface area contributed by atoms with Crippen molar-refractivity contribution in [3.63, 3.8) is 0 Å². The van der Waals surface area contributed by atoms with Crippen LogP contribution < -0.4 is 0 Å². The zero-order valence-corrected chi connectivity index (χ0v) is 28.6. The van der Waals surface area contributed by atoms with E-state index in [-0.39, 0.29) is 49.0 Å². The van der Waals surface area contributed by atoms with Crippen LogP contribution in [0.15, 0.2) is 0 Å². The minimum atomic E-state index is -1.07. The van der Waals surface area contributed by atoms with E-state index in [0.29, 0.717) is 12.8 Å². The van der Waals surface area contributed by atoms with Gasteiger partial charge in [0.2, 0.25) is 0 Å². The number of hydrogen-bond donors (Lipinski definition) is 0. The summed E-state index contributed by atoms with van der Waals surface area (Å²) < 4.78 is 3.65. The molecular weight excluding hydrogens is 675 g/mol. The third-order valence-electron chi connectivity index (χ3n) is 6.00. The molecule has 0 bridgehead atoms. The Hall–Kier alpha value is 3.08. The third-order valence-corrected chi connectivity index (χ3v) is 7.13. The Bertz CT molecular complexity index is 377. The largest absolute Gasteiger partial charge is 0.412 e. The Morgan fingerprint density at radius 3 is 0.778 bits per heavy atom. The molecular formula is C26H53AlCl6O2Zr. The molecule has 0 radical (unpaired) electrons. The summed E-state index contributed by atoms with van der Waals surface area (Å²) in [4.78, 5) is 0. The van der Waals surface area contributed by atoms with Crippen molar-refractivity contribution in [3.8, 4) is 0 Å². The molecule has 36 heavy (non-hydrogen) atoms. The number of halogens is 6. The first kappa shape index (κ1) is 46.0. The van der Waals surface area contributed by atoms with Crippen molar-refractivity contribution in [3.05, 3.63) is 0 Å². The molecule has 218 valence electrons. The van der Waals surface area contributed by atoms with Crippen LogP contribution in [0.5, 0.6) is 0 Å². The Morgan fingerprint density at radius 1 is 0.361 bits per heavy atom. The normalized spacial score (nSPS) is 11.5. The van der Waals surface area contributed by atoms with Gasteiger partial charge in [0.1, 0.15) is 0 Å². The molecule has 0 aliphatic carbocycles. The van der Waals surface area contributed by atoms with Crippen LogP contribution in [0.2, 0.25) is 0 Å². The number of rotatable bonds is 24. The Balaban J connectivity index is -0.00000171. The van der Waals surface area contributed by atoms with Crippen LogP contribution in [0.3, 0.4) is 0 Å². The molecule has 0 aliphatic rings. The minimum absolute atomic E-state index is 0. The van der Waals surface area contributed by atoms with E-state index in [4.69, 9.17) is 74.3 Å². The summed E-state index contributed by atoms with van der Waals surface area (Å²) in [6.07, 6.45) is 26.6. The maximum atomic E-state index is 5.79. The van der Waals surface area contributed by atoms with Crippen LogP contribution in [0.1, 0.15) is 141 Å². The molecule has 0 heterocycles. The molecule has 0 fully saturated rings. The van der Waals surface area contributed by atoms with Crippen molar-refractivity contribution >= 4 is 87.0 Å². The summed E-state index contributed by atoms with van der Waals surface area (Å²) in [7, 11) is 0. The van der Waals surface area contributed by atoms with E-state index in [1.807, 2.05) is 0 Å². The smallest absolute Gasteiger partial charge is 0.190 e. The Morgan fingerprint density at radius 2 is 0.556 bits per heavy atom. The zero-order valence-electron chi connectivity index (χ0n) is 21.6. The van der Waals surface area contributed by atoms with Crippen molar-refractivity contribution in [2.75, 3.05) is 13.2 Å². The van der Waals surface area contributed by atoms with Gasteiger partial charge in [-0.15, -0.1) is 0 Å². The van der Waals surface area contributed by atoms with Gasteiger partial charge < -0.3 is 10.2 Å². The first-order valence-corrected chi connectivity index (χ1v) is 15.7. The standard InChI is InChI=1S/C26H48Cl6O.Al.H2O.Zr.3H/c27-25(28,29)21-17-13-9-5-1-3-7-11-15-19-23-33-24-20-16-12-8-4-2-6-10-14-18-22-26(30,31)32;;;;;;/h1-24H2;;1H2;;;;. The molecule has 0 aromatic heterocycles. The minimum Gasteiger partial charge on any atom is -0.412 e. The van der Waals surface area contributed by atoms with E-state index < -0.39 is 7.59 Å². The van der Waals surface area contributed by atoms with Crippen molar-refractivity contribution in [1.29, 1.82) is 0 Å². The maximum Gasteiger partial charge on any atom is 0.190 e. The maximum absolute atomic E-state index is 5.79. The average molecular weight is 729 g/mol. The molecule has 0 amide bonds. The number of unbranched alkanes of at least 4 members (excludes halogenated alkanes) is 18. The fraction of sp³-hybridized carbons (Fsp3) is 1.00. The quantitative estimate of drug-likeness (QED) is 0.0554. The van der Waals surface area contributed by atoms with Crippen molar-refractivity contribution in [2.24, 2.45) is 0 Å². The van der Waals surface area contributed by atoms with Gasteiger partial charge in [0.25, 0.3) is 0 Å². The second-order valence-electron chi connectivity index (χ2n) is 9.41. The number of ether oxygens (including phenoxy) is 1. The van der Waals surface area contributed by atoms with Crippen LogP contribution in [-0.2, 0) is 30.9 Å². The summed E-state index contributed by atoms with van der Waals surface area (Å²) in [5.74, 6) is 0. The fourth-order valence-corrected chi connectivity index (χ4v) is 4.79. The second-order valence-corrected chi connectivity index (χ2v) is 14.4. The summed E-state index contributed by atoms with van der Waals surface area (Å²) in [6, 6.07) is 0. The average Bonchev–Trinajstić information content (AvgIpc) is 2.72. The van der Waals surface area contributed by atoms with E-state index in [1.165, 1.54) is 116 Å². The van der Waals surface area contributed by atoms with Gasteiger partial charge >= 0.3 is 0 Å². The molecule has 2 nitrogen and oxygen atoms in total. The number of hydrogen-bond acceptors (Lipinski definition) is 1. The van der Waals surface area contributed by atoms with Gasteiger partial charge in [-0.05, 0) is 38.5 Å². The molecule has 0 atom stereocenters. The van der Waals surface area contributed by atoms with Gasteiger partial charge in [0.15, 0.2) is 24.9 Å². The van der Waals surface area contributed by atoms with Gasteiger partial charge in [-0.1, -0.05) is 172 Å². The summed E-state index contributed by atoms with van der Waals surface area (Å²) >= 11 is 34.5. The van der Waals surface area contributed by atoms with Gasteiger partial charge in [0, 0.05) is 39.4 Å². The molecule has 10 heteroatoms. The van der Waals surface area contributed by atoms with E-state index in [0.717, 1.165) is 26.1 Å². The van der Waals surface area contributed by atoms with E-state index in [2.05, 4.69) is 0 Å². The Kier molecular flexibility index (Phi) is 41.7. The van der Waals surface area contributed by atoms with Crippen LogP contribution in [0.25, 0.3) is 0 Å². The molecule has 0 spiro atoms. The van der Waals surface area contributed by atoms with Crippen LogP contribution in [0.4, 0.5) is 0 Å². The van der Waals surface area contributed by atoms with Crippen LogP contribution in [-0.4, -0.2) is 43.6 Å². The van der Waals surface area contributed by atoms with E-state index in [1.54, 1.807) is 0 Å². The first-order valence-electron chi connectivity index (χ1n) is 13.4. The molecule has 0 saturated carbocycles. The molecule has 0 aromatic carbocycles. The predicted molar refractivity (Wildman–Crippen MR) is 167 cm³/mol. The van der Waals surface area contributed by atoms with Gasteiger partial charge in [0.05, 0.1) is 0 Å². The molecule has 0 aliphatic heterocycles. The predicted octanol–water partition coefficient (Wildman–Crippen LogP) is 10.3. The monoisotopic (exact) mass is 724 g/mol. The molecule has 2 N–H and O–H groups in total. The second kappa shape index (κ2) is 32.6. The fourth-order valence-electron chi connectivity index (χ4n) is 3.99. The summed E-state index contributed by atoms with van der Waals surface area (Å²) in [5, 5.41) is 0. The van der Waals surface area contributed by atoms with Gasteiger partial charge in [-0.25, -0.2) is 0 Å². The van der Waals surface area contributed by atoms with E-state index >= 15 is 0 Å². The summed E-state index contributed by atoms with van der Waals surface area (Å²) in [6.45, 7) is 1.86. The topological polar surface area (TPSA) is 40.7 Å². The van der Waals surface area contributed by atoms with Crippen LogP contribution in [0, 0.1) is 0 Å².